The van der Waals surface area contributed by atoms with Gasteiger partial charge in [-0.3, -0.25) is 14.9 Å². The highest BCUT2D eigenvalue weighted by atomic mass is 35.5. The molecule has 0 aliphatic heterocycles. The number of hydrogen-bond donors (Lipinski definition) is 1. The molecule has 0 bridgehead atoms. The lowest BCUT2D eigenvalue weighted by Crippen LogP contribution is -2.21. The Kier molecular flexibility index (Phi) is 7.94. The monoisotopic (exact) mass is 334 g/mol. The molecule has 0 fully saturated rings. The zero-order chi connectivity index (χ0) is 15.8. The molecule has 23 heavy (non-hydrogen) atoms. The number of rotatable bonds is 8. The SMILES string of the molecule is Cl.O=C(CCNCCc1ccccc1)c1ccc([N+](=O)[O-])cc1. The standard InChI is InChI=1S/C17H18N2O3.ClH/c20-17(15-6-8-16(9-7-15)19(21)22)11-13-18-12-10-14-4-2-1-3-5-14;/h1-9,18H,10-13H2;1H. The van der Waals surface area contributed by atoms with Crippen molar-refractivity contribution in [2.45, 2.75) is 12.8 Å². The van der Waals surface area contributed by atoms with E-state index in [0.717, 1.165) is 13.0 Å². The molecule has 2 aromatic rings. The summed E-state index contributed by atoms with van der Waals surface area (Å²) in [6.07, 6.45) is 1.30. The van der Waals surface area contributed by atoms with Crippen molar-refractivity contribution in [3.05, 3.63) is 75.8 Å². The number of Topliss-reactive ketones (excluding diaryl/α,β-unsaturated/α-hetero) is 1. The van der Waals surface area contributed by atoms with E-state index in [9.17, 15) is 14.9 Å². The van der Waals surface area contributed by atoms with Gasteiger partial charge in [0.2, 0.25) is 0 Å². The topological polar surface area (TPSA) is 72.2 Å². The molecule has 0 aromatic heterocycles. The van der Waals surface area contributed by atoms with Gasteiger partial charge in [-0.25, -0.2) is 0 Å². The molecular weight excluding hydrogens is 316 g/mol. The van der Waals surface area contributed by atoms with Crippen molar-refractivity contribution in [3.63, 3.8) is 0 Å². The third kappa shape index (κ3) is 6.18. The number of non-ortho nitro benzene ring substituents is 1. The number of nitro groups is 1. The summed E-state index contributed by atoms with van der Waals surface area (Å²) < 4.78 is 0. The fraction of sp³-hybridized carbons (Fsp3) is 0.235. The number of nitrogens with zero attached hydrogens (tertiary/aromatic N) is 1. The van der Waals surface area contributed by atoms with Crippen LogP contribution in [0.3, 0.4) is 0 Å². The molecule has 0 saturated heterocycles. The van der Waals surface area contributed by atoms with Crippen molar-refractivity contribution in [3.8, 4) is 0 Å². The molecule has 0 atom stereocenters. The van der Waals surface area contributed by atoms with Crippen LogP contribution in [0.15, 0.2) is 54.6 Å². The Hall–Kier alpha value is -2.24. The first-order valence-corrected chi connectivity index (χ1v) is 7.19. The Morgan fingerprint density at radius 3 is 2.26 bits per heavy atom. The van der Waals surface area contributed by atoms with Crippen molar-refractivity contribution < 1.29 is 9.72 Å². The van der Waals surface area contributed by atoms with E-state index in [4.69, 9.17) is 0 Å². The molecular formula is C17H19ClN2O3. The number of carbonyl (C=O) groups is 1. The number of hydrogen-bond acceptors (Lipinski definition) is 4. The Labute approximate surface area is 141 Å². The smallest absolute Gasteiger partial charge is 0.269 e. The first kappa shape index (κ1) is 18.8. The molecule has 122 valence electrons. The molecule has 5 nitrogen and oxygen atoms in total. The average molecular weight is 335 g/mol. The molecule has 0 unspecified atom stereocenters. The predicted molar refractivity (Wildman–Crippen MR) is 92.3 cm³/mol. The van der Waals surface area contributed by atoms with Crippen LogP contribution in [0.25, 0.3) is 0 Å². The van der Waals surface area contributed by atoms with Gasteiger partial charge in [-0.05, 0) is 30.7 Å². The summed E-state index contributed by atoms with van der Waals surface area (Å²) in [4.78, 5) is 22.0. The van der Waals surface area contributed by atoms with Crippen LogP contribution in [0, 0.1) is 10.1 Å². The number of benzene rings is 2. The molecule has 0 aliphatic carbocycles. The van der Waals surface area contributed by atoms with E-state index in [2.05, 4.69) is 17.4 Å². The number of nitro benzene ring substituents is 1. The summed E-state index contributed by atoms with van der Waals surface area (Å²) in [5, 5.41) is 13.8. The van der Waals surface area contributed by atoms with Gasteiger partial charge in [-0.1, -0.05) is 30.3 Å². The lowest BCUT2D eigenvalue weighted by molar-refractivity contribution is -0.384. The Morgan fingerprint density at radius 1 is 1.00 bits per heavy atom. The molecule has 6 heteroatoms. The van der Waals surface area contributed by atoms with Crippen LogP contribution >= 0.6 is 12.4 Å². The number of halogens is 1. The largest absolute Gasteiger partial charge is 0.316 e. The maximum Gasteiger partial charge on any atom is 0.269 e. The second kappa shape index (κ2) is 9.71. The van der Waals surface area contributed by atoms with Gasteiger partial charge >= 0.3 is 0 Å². The third-order valence-electron chi connectivity index (χ3n) is 3.36. The Balaban J connectivity index is 0.00000264. The van der Waals surface area contributed by atoms with Gasteiger partial charge in [0.25, 0.3) is 5.69 Å². The average Bonchev–Trinajstić information content (AvgIpc) is 2.55. The van der Waals surface area contributed by atoms with Gasteiger partial charge < -0.3 is 5.32 Å². The van der Waals surface area contributed by atoms with Gasteiger partial charge in [-0.15, -0.1) is 12.4 Å². The van der Waals surface area contributed by atoms with Crippen molar-refractivity contribution in [1.29, 1.82) is 0 Å². The second-order valence-corrected chi connectivity index (χ2v) is 4.96. The lowest BCUT2D eigenvalue weighted by atomic mass is 10.1. The summed E-state index contributed by atoms with van der Waals surface area (Å²) in [6, 6.07) is 15.9. The fourth-order valence-corrected chi connectivity index (χ4v) is 2.12. The van der Waals surface area contributed by atoms with E-state index < -0.39 is 4.92 Å². The van der Waals surface area contributed by atoms with E-state index >= 15 is 0 Å². The van der Waals surface area contributed by atoms with Crippen LogP contribution in [-0.2, 0) is 6.42 Å². The van der Waals surface area contributed by atoms with E-state index in [0.29, 0.717) is 18.5 Å². The minimum Gasteiger partial charge on any atom is -0.316 e. The third-order valence-corrected chi connectivity index (χ3v) is 3.36. The van der Waals surface area contributed by atoms with Crippen molar-refractivity contribution in [2.75, 3.05) is 13.1 Å². The molecule has 0 radical (unpaired) electrons. The number of carbonyl (C=O) groups excluding carboxylic acids is 1. The normalized spacial score (nSPS) is 9.91. The fourth-order valence-electron chi connectivity index (χ4n) is 2.12. The van der Waals surface area contributed by atoms with Crippen LogP contribution in [0.2, 0.25) is 0 Å². The summed E-state index contributed by atoms with van der Waals surface area (Å²) >= 11 is 0. The van der Waals surface area contributed by atoms with Gasteiger partial charge in [0.1, 0.15) is 0 Å². The maximum atomic E-state index is 11.9. The summed E-state index contributed by atoms with van der Waals surface area (Å²) in [5.74, 6) is -0.0119. The minimum atomic E-state index is -0.473. The molecule has 0 heterocycles. The highest BCUT2D eigenvalue weighted by Gasteiger charge is 2.09. The van der Waals surface area contributed by atoms with E-state index in [-0.39, 0.29) is 23.9 Å². The van der Waals surface area contributed by atoms with Crippen molar-refractivity contribution in [1.82, 2.24) is 5.32 Å². The zero-order valence-electron chi connectivity index (χ0n) is 12.6. The van der Waals surface area contributed by atoms with Crippen molar-refractivity contribution >= 4 is 23.9 Å². The van der Waals surface area contributed by atoms with Crippen LogP contribution < -0.4 is 5.32 Å². The Bertz CT molecular complexity index is 630. The summed E-state index contributed by atoms with van der Waals surface area (Å²) in [6.45, 7) is 1.42. The molecule has 1 N–H and O–H groups in total. The molecule has 2 rings (SSSR count). The van der Waals surface area contributed by atoms with Crippen LogP contribution in [0.4, 0.5) is 5.69 Å². The minimum absolute atomic E-state index is 0. The zero-order valence-corrected chi connectivity index (χ0v) is 13.4. The quantitative estimate of drug-likeness (QED) is 0.347. The highest BCUT2D eigenvalue weighted by molar-refractivity contribution is 5.96. The predicted octanol–water partition coefficient (Wildman–Crippen LogP) is 3.42. The molecule has 0 spiro atoms. The first-order chi connectivity index (χ1) is 10.7. The van der Waals surface area contributed by atoms with E-state index in [1.807, 2.05) is 18.2 Å². The summed E-state index contributed by atoms with van der Waals surface area (Å²) in [7, 11) is 0. The lowest BCUT2D eigenvalue weighted by Gasteiger charge is -2.05. The number of ketones is 1. The Morgan fingerprint density at radius 2 is 1.65 bits per heavy atom. The van der Waals surface area contributed by atoms with Gasteiger partial charge in [0.05, 0.1) is 4.92 Å². The van der Waals surface area contributed by atoms with Crippen molar-refractivity contribution in [2.24, 2.45) is 0 Å². The molecule has 0 aliphatic rings. The van der Waals surface area contributed by atoms with Crippen LogP contribution in [0.5, 0.6) is 0 Å². The second-order valence-electron chi connectivity index (χ2n) is 4.96. The maximum absolute atomic E-state index is 11.9. The van der Waals surface area contributed by atoms with Crippen LogP contribution in [0.1, 0.15) is 22.3 Å². The molecule has 0 saturated carbocycles. The van der Waals surface area contributed by atoms with Crippen LogP contribution in [-0.4, -0.2) is 23.8 Å². The molecule has 2 aromatic carbocycles. The van der Waals surface area contributed by atoms with Gasteiger partial charge in [0, 0.05) is 30.7 Å². The van der Waals surface area contributed by atoms with E-state index in [1.54, 1.807) is 0 Å². The first-order valence-electron chi connectivity index (χ1n) is 7.19. The molecule has 0 amide bonds. The van der Waals surface area contributed by atoms with Gasteiger partial charge in [-0.2, -0.15) is 0 Å². The highest BCUT2D eigenvalue weighted by Crippen LogP contribution is 2.13. The number of nitrogens with one attached hydrogen (secondary N) is 1. The van der Waals surface area contributed by atoms with Gasteiger partial charge in [0.15, 0.2) is 5.78 Å². The summed E-state index contributed by atoms with van der Waals surface area (Å²) in [5.41, 5.74) is 1.77. The van der Waals surface area contributed by atoms with E-state index in [1.165, 1.54) is 29.8 Å².